The maximum atomic E-state index is 11.6. The third-order valence-electron chi connectivity index (χ3n) is 0.923. The summed E-state index contributed by atoms with van der Waals surface area (Å²) >= 11 is 0. The zero-order chi connectivity index (χ0) is 9.78. The maximum absolute atomic E-state index is 11.6. The summed E-state index contributed by atoms with van der Waals surface area (Å²) in [7, 11) is 0. The Kier molecular flexibility index (Phi) is 3.57. The number of amides is 1. The summed E-state index contributed by atoms with van der Waals surface area (Å²) in [5.74, 6) is 0.353. The topological polar surface area (TPSA) is 49.3 Å². The first kappa shape index (κ1) is 10.8. The highest BCUT2D eigenvalue weighted by Crippen LogP contribution is 2.19. The van der Waals surface area contributed by atoms with Crippen molar-refractivity contribution < 1.29 is 23.1 Å². The van der Waals surface area contributed by atoms with Gasteiger partial charge in [0.05, 0.1) is 6.54 Å². The Morgan fingerprint density at radius 2 is 2.17 bits per heavy atom. The Labute approximate surface area is 66.6 Å². The molecule has 0 aromatic carbocycles. The second-order valence-electron chi connectivity index (χ2n) is 1.87. The van der Waals surface area contributed by atoms with Crippen LogP contribution >= 0.6 is 0 Å². The Morgan fingerprint density at radius 3 is 2.50 bits per heavy atom. The second kappa shape index (κ2) is 3.97. The second-order valence-corrected chi connectivity index (χ2v) is 1.87. The van der Waals surface area contributed by atoms with Crippen LogP contribution < -0.4 is 5.32 Å². The van der Waals surface area contributed by atoms with Crippen molar-refractivity contribution in [1.29, 1.82) is 0 Å². The molecule has 0 aliphatic rings. The van der Waals surface area contributed by atoms with E-state index in [9.17, 15) is 18.0 Å². The zero-order valence-electron chi connectivity index (χ0n) is 5.85. The standard InChI is InChI=1S/C6H6F3NO2/c1-2-3-10-5(12)4(11)6(7,8)9/h1,4,11H,3H2,(H,10,12). The normalized spacial score (nSPS) is 13.2. The molecule has 0 heterocycles. The smallest absolute Gasteiger partial charge is 0.376 e. The summed E-state index contributed by atoms with van der Waals surface area (Å²) in [6.45, 7) is -0.341. The predicted octanol–water partition coefficient (Wildman–Crippen LogP) is -0.341. The van der Waals surface area contributed by atoms with Crippen molar-refractivity contribution in [3.05, 3.63) is 0 Å². The highest BCUT2D eigenvalue weighted by atomic mass is 19.4. The lowest BCUT2D eigenvalue weighted by Crippen LogP contribution is -2.44. The van der Waals surface area contributed by atoms with Crippen LogP contribution in [0.2, 0.25) is 0 Å². The quantitative estimate of drug-likeness (QED) is 0.572. The fourth-order valence-corrected chi connectivity index (χ4v) is 0.383. The minimum absolute atomic E-state index is 0.341. The fourth-order valence-electron chi connectivity index (χ4n) is 0.383. The first-order chi connectivity index (χ1) is 5.39. The fraction of sp³-hybridized carbons (Fsp3) is 0.500. The summed E-state index contributed by atoms with van der Waals surface area (Å²) in [5, 5.41) is 9.97. The first-order valence-corrected chi connectivity index (χ1v) is 2.85. The molecule has 3 nitrogen and oxygen atoms in total. The number of nitrogens with one attached hydrogen (secondary N) is 1. The minimum Gasteiger partial charge on any atom is -0.376 e. The van der Waals surface area contributed by atoms with Crippen molar-refractivity contribution >= 4 is 5.91 Å². The molecule has 6 heteroatoms. The van der Waals surface area contributed by atoms with Gasteiger partial charge in [-0.3, -0.25) is 4.79 Å². The molecule has 12 heavy (non-hydrogen) atoms. The van der Waals surface area contributed by atoms with E-state index >= 15 is 0 Å². The molecule has 0 aromatic heterocycles. The highest BCUT2D eigenvalue weighted by Gasteiger charge is 2.43. The molecular formula is C6H6F3NO2. The van der Waals surface area contributed by atoms with E-state index in [1.165, 1.54) is 0 Å². The van der Waals surface area contributed by atoms with E-state index in [4.69, 9.17) is 5.11 Å². The molecular weight excluding hydrogens is 175 g/mol. The summed E-state index contributed by atoms with van der Waals surface area (Å²) in [6.07, 6.45) is -3.30. The van der Waals surface area contributed by atoms with E-state index in [0.717, 1.165) is 0 Å². The molecule has 0 saturated carbocycles. The molecule has 0 saturated heterocycles. The van der Waals surface area contributed by atoms with E-state index in [2.05, 4.69) is 6.42 Å². The SMILES string of the molecule is C#CCNC(=O)C(O)C(F)(F)F. The molecule has 1 atom stereocenters. The molecule has 1 amide bonds. The molecule has 0 rings (SSSR count). The van der Waals surface area contributed by atoms with E-state index in [0.29, 0.717) is 0 Å². The molecule has 2 N–H and O–H groups in total. The molecule has 0 aliphatic carbocycles. The van der Waals surface area contributed by atoms with Gasteiger partial charge >= 0.3 is 6.18 Å². The average molecular weight is 181 g/mol. The summed E-state index contributed by atoms with van der Waals surface area (Å²) in [4.78, 5) is 10.4. The third kappa shape index (κ3) is 3.25. The van der Waals surface area contributed by atoms with Crippen molar-refractivity contribution in [2.24, 2.45) is 0 Å². The number of terminal acetylenes is 1. The number of carbonyl (C=O) groups is 1. The van der Waals surface area contributed by atoms with E-state index in [1.807, 2.05) is 5.92 Å². The van der Waals surface area contributed by atoms with Crippen molar-refractivity contribution in [3.63, 3.8) is 0 Å². The Hall–Kier alpha value is -1.22. The number of halogens is 3. The van der Waals surface area contributed by atoms with Crippen LogP contribution in [-0.2, 0) is 4.79 Å². The van der Waals surface area contributed by atoms with Crippen LogP contribution in [0.1, 0.15) is 0 Å². The van der Waals surface area contributed by atoms with Crippen LogP contribution in [0.5, 0.6) is 0 Å². The number of alkyl halides is 3. The number of rotatable bonds is 2. The largest absolute Gasteiger partial charge is 0.423 e. The summed E-state index contributed by atoms with van der Waals surface area (Å²) in [6, 6.07) is 0. The van der Waals surface area contributed by atoms with Gasteiger partial charge in [-0.1, -0.05) is 5.92 Å². The van der Waals surface area contributed by atoms with Crippen LogP contribution in [0.4, 0.5) is 13.2 Å². The number of aliphatic hydroxyl groups excluding tert-OH is 1. The lowest BCUT2D eigenvalue weighted by atomic mass is 10.3. The molecule has 68 valence electrons. The first-order valence-electron chi connectivity index (χ1n) is 2.85. The van der Waals surface area contributed by atoms with E-state index < -0.39 is 18.2 Å². The van der Waals surface area contributed by atoms with Crippen LogP contribution in [0.25, 0.3) is 0 Å². The van der Waals surface area contributed by atoms with E-state index in [1.54, 1.807) is 5.32 Å². The highest BCUT2D eigenvalue weighted by molar-refractivity contribution is 5.81. The Balaban J connectivity index is 4.04. The number of carbonyl (C=O) groups excluding carboxylic acids is 1. The van der Waals surface area contributed by atoms with Crippen LogP contribution in [0, 0.1) is 12.3 Å². The molecule has 0 aliphatic heterocycles. The van der Waals surface area contributed by atoms with Gasteiger partial charge in [-0.25, -0.2) is 0 Å². The van der Waals surface area contributed by atoms with E-state index in [-0.39, 0.29) is 6.54 Å². The molecule has 0 spiro atoms. The van der Waals surface area contributed by atoms with Gasteiger partial charge < -0.3 is 10.4 Å². The molecule has 1 unspecified atom stereocenters. The van der Waals surface area contributed by atoms with Crippen LogP contribution in [0.15, 0.2) is 0 Å². The van der Waals surface area contributed by atoms with Gasteiger partial charge in [0.15, 0.2) is 0 Å². The van der Waals surface area contributed by atoms with Crippen molar-refractivity contribution in [2.45, 2.75) is 12.3 Å². The van der Waals surface area contributed by atoms with Gasteiger partial charge in [0.1, 0.15) is 0 Å². The molecule has 0 bridgehead atoms. The summed E-state index contributed by atoms with van der Waals surface area (Å²) in [5.41, 5.74) is 0. The van der Waals surface area contributed by atoms with Crippen LogP contribution in [0.3, 0.4) is 0 Å². The van der Waals surface area contributed by atoms with Gasteiger partial charge in [0.25, 0.3) is 5.91 Å². The number of aliphatic hydroxyl groups is 1. The molecule has 0 radical (unpaired) electrons. The Morgan fingerprint density at radius 1 is 1.67 bits per heavy atom. The van der Waals surface area contributed by atoms with Gasteiger partial charge in [-0.05, 0) is 0 Å². The van der Waals surface area contributed by atoms with Crippen LogP contribution in [-0.4, -0.2) is 29.8 Å². The number of hydrogen-bond donors (Lipinski definition) is 2. The van der Waals surface area contributed by atoms with Crippen molar-refractivity contribution in [3.8, 4) is 12.3 Å². The lowest BCUT2D eigenvalue weighted by molar-refractivity contribution is -0.204. The lowest BCUT2D eigenvalue weighted by Gasteiger charge is -2.12. The molecule has 0 aromatic rings. The summed E-state index contributed by atoms with van der Waals surface area (Å²) < 4.78 is 34.7. The Bertz CT molecular complexity index is 206. The van der Waals surface area contributed by atoms with Gasteiger partial charge in [0.2, 0.25) is 6.10 Å². The minimum atomic E-state index is -4.95. The average Bonchev–Trinajstić information content (AvgIpc) is 1.97. The monoisotopic (exact) mass is 181 g/mol. The van der Waals surface area contributed by atoms with Gasteiger partial charge in [-0.2, -0.15) is 13.2 Å². The third-order valence-corrected chi connectivity index (χ3v) is 0.923. The maximum Gasteiger partial charge on any atom is 0.423 e. The van der Waals surface area contributed by atoms with Gasteiger partial charge in [-0.15, -0.1) is 6.42 Å². The number of hydrogen-bond acceptors (Lipinski definition) is 2. The molecule has 0 fully saturated rings. The van der Waals surface area contributed by atoms with Crippen molar-refractivity contribution in [1.82, 2.24) is 5.32 Å². The van der Waals surface area contributed by atoms with Gasteiger partial charge in [0, 0.05) is 0 Å². The zero-order valence-corrected chi connectivity index (χ0v) is 5.85. The van der Waals surface area contributed by atoms with Crippen molar-refractivity contribution in [2.75, 3.05) is 6.54 Å². The predicted molar refractivity (Wildman–Crippen MR) is 33.9 cm³/mol.